The van der Waals surface area contributed by atoms with Crippen molar-refractivity contribution in [3.8, 4) is 0 Å². The van der Waals surface area contributed by atoms with E-state index in [4.69, 9.17) is 5.73 Å². The van der Waals surface area contributed by atoms with E-state index in [0.29, 0.717) is 6.54 Å². The summed E-state index contributed by atoms with van der Waals surface area (Å²) in [6, 6.07) is 11.8. The molecule has 2 rings (SSSR count). The summed E-state index contributed by atoms with van der Waals surface area (Å²) in [4.78, 5) is 23.4. The van der Waals surface area contributed by atoms with Crippen molar-refractivity contribution in [1.29, 1.82) is 0 Å². The van der Waals surface area contributed by atoms with Crippen LogP contribution in [0.3, 0.4) is 0 Å². The number of carbonyl (C=O) groups excluding carboxylic acids is 1. The van der Waals surface area contributed by atoms with Crippen molar-refractivity contribution in [2.45, 2.75) is 11.4 Å². The maximum Gasteiger partial charge on any atom is 0.292 e. The summed E-state index contributed by atoms with van der Waals surface area (Å²) in [6.45, 7) is 0.353. The zero-order chi connectivity index (χ0) is 16.1. The zero-order valence-corrected chi connectivity index (χ0v) is 12.7. The van der Waals surface area contributed by atoms with Gasteiger partial charge in [0.2, 0.25) is 0 Å². The van der Waals surface area contributed by atoms with E-state index < -0.39 is 4.92 Å². The Bertz CT molecular complexity index is 702. The average molecular weight is 317 g/mol. The van der Waals surface area contributed by atoms with Crippen molar-refractivity contribution < 1.29 is 9.72 Å². The first-order valence-corrected chi connectivity index (χ1v) is 7.69. The Morgan fingerprint density at radius 1 is 1.27 bits per heavy atom. The standard InChI is InChI=1S/C15H15N3O3S/c1-22-12-5-2-10(3-6-12)9-17-15(19)11-4-7-13(16)14(8-11)18(20)21/h2-8H,9,16H2,1H3,(H,17,19). The highest BCUT2D eigenvalue weighted by Crippen LogP contribution is 2.22. The third kappa shape index (κ3) is 3.76. The van der Waals surface area contributed by atoms with Gasteiger partial charge in [0, 0.05) is 23.1 Å². The first-order valence-electron chi connectivity index (χ1n) is 6.46. The summed E-state index contributed by atoms with van der Waals surface area (Å²) in [5.41, 5.74) is 6.44. The molecule has 0 saturated carbocycles. The largest absolute Gasteiger partial charge is 0.393 e. The van der Waals surface area contributed by atoms with Gasteiger partial charge in [-0.05, 0) is 36.1 Å². The van der Waals surface area contributed by atoms with Gasteiger partial charge in [-0.15, -0.1) is 11.8 Å². The number of amides is 1. The molecule has 2 aromatic carbocycles. The summed E-state index contributed by atoms with van der Waals surface area (Å²) in [7, 11) is 0. The van der Waals surface area contributed by atoms with E-state index in [2.05, 4.69) is 5.32 Å². The van der Waals surface area contributed by atoms with Crippen LogP contribution in [0.4, 0.5) is 11.4 Å². The van der Waals surface area contributed by atoms with Crippen molar-refractivity contribution in [3.05, 3.63) is 63.7 Å². The van der Waals surface area contributed by atoms with Crippen LogP contribution in [0.25, 0.3) is 0 Å². The summed E-state index contributed by atoms with van der Waals surface area (Å²) in [5.74, 6) is -0.378. The third-order valence-electron chi connectivity index (χ3n) is 3.10. The number of nitro groups is 1. The summed E-state index contributed by atoms with van der Waals surface area (Å²) < 4.78 is 0. The zero-order valence-electron chi connectivity index (χ0n) is 11.9. The van der Waals surface area contributed by atoms with Gasteiger partial charge >= 0.3 is 0 Å². The van der Waals surface area contributed by atoms with Gasteiger partial charge in [-0.25, -0.2) is 0 Å². The van der Waals surface area contributed by atoms with Crippen LogP contribution >= 0.6 is 11.8 Å². The molecule has 7 heteroatoms. The van der Waals surface area contributed by atoms with Gasteiger partial charge in [0.05, 0.1) is 4.92 Å². The predicted molar refractivity (Wildman–Crippen MR) is 86.9 cm³/mol. The lowest BCUT2D eigenvalue weighted by atomic mass is 10.1. The summed E-state index contributed by atoms with van der Waals surface area (Å²) >= 11 is 1.64. The Morgan fingerprint density at radius 3 is 2.55 bits per heavy atom. The highest BCUT2D eigenvalue weighted by Gasteiger charge is 2.15. The van der Waals surface area contributed by atoms with Crippen molar-refractivity contribution >= 4 is 29.0 Å². The van der Waals surface area contributed by atoms with Crippen LogP contribution in [0.2, 0.25) is 0 Å². The molecule has 0 heterocycles. The van der Waals surface area contributed by atoms with E-state index in [1.54, 1.807) is 11.8 Å². The number of carbonyl (C=O) groups is 1. The van der Waals surface area contributed by atoms with Gasteiger partial charge in [-0.2, -0.15) is 0 Å². The number of nitrogens with one attached hydrogen (secondary N) is 1. The molecule has 0 atom stereocenters. The van der Waals surface area contributed by atoms with Crippen molar-refractivity contribution in [3.63, 3.8) is 0 Å². The summed E-state index contributed by atoms with van der Waals surface area (Å²) in [6.07, 6.45) is 1.99. The van der Waals surface area contributed by atoms with Gasteiger partial charge in [0.1, 0.15) is 5.69 Å². The Labute approximate surface area is 131 Å². The minimum absolute atomic E-state index is 0.0363. The highest BCUT2D eigenvalue weighted by atomic mass is 32.2. The van der Waals surface area contributed by atoms with Gasteiger partial charge in [-0.1, -0.05) is 12.1 Å². The number of nitrogen functional groups attached to an aromatic ring is 1. The molecule has 0 spiro atoms. The molecule has 2 aromatic rings. The molecule has 0 saturated heterocycles. The van der Waals surface area contributed by atoms with Gasteiger partial charge in [-0.3, -0.25) is 14.9 Å². The molecule has 0 fully saturated rings. The van der Waals surface area contributed by atoms with Crippen LogP contribution in [-0.4, -0.2) is 17.1 Å². The molecular weight excluding hydrogens is 302 g/mol. The topological polar surface area (TPSA) is 98.3 Å². The average Bonchev–Trinajstić information content (AvgIpc) is 2.53. The number of hydrogen-bond acceptors (Lipinski definition) is 5. The molecule has 0 aliphatic carbocycles. The number of anilines is 1. The Morgan fingerprint density at radius 2 is 1.95 bits per heavy atom. The Hall–Kier alpha value is -2.54. The van der Waals surface area contributed by atoms with Crippen LogP contribution in [0.1, 0.15) is 15.9 Å². The maximum absolute atomic E-state index is 12.0. The molecule has 0 radical (unpaired) electrons. The van der Waals surface area contributed by atoms with E-state index in [0.717, 1.165) is 10.5 Å². The van der Waals surface area contributed by atoms with Crippen LogP contribution in [0, 0.1) is 10.1 Å². The molecule has 0 aliphatic heterocycles. The van der Waals surface area contributed by atoms with E-state index in [1.807, 2.05) is 30.5 Å². The maximum atomic E-state index is 12.0. The number of rotatable bonds is 5. The number of benzene rings is 2. The fourth-order valence-corrected chi connectivity index (χ4v) is 2.28. The monoisotopic (exact) mass is 317 g/mol. The lowest BCUT2D eigenvalue weighted by molar-refractivity contribution is -0.383. The number of nitrogens with zero attached hydrogens (tertiary/aromatic N) is 1. The van der Waals surface area contributed by atoms with E-state index >= 15 is 0 Å². The molecule has 0 unspecified atom stereocenters. The predicted octanol–water partition coefficient (Wildman–Crippen LogP) is 2.83. The van der Waals surface area contributed by atoms with Gasteiger partial charge in [0.15, 0.2) is 0 Å². The van der Waals surface area contributed by atoms with Gasteiger partial charge < -0.3 is 11.1 Å². The second-order valence-corrected chi connectivity index (χ2v) is 5.44. The van der Waals surface area contributed by atoms with Crippen LogP contribution in [-0.2, 0) is 6.54 Å². The minimum Gasteiger partial charge on any atom is -0.393 e. The number of nitro benzene ring substituents is 1. The van der Waals surface area contributed by atoms with E-state index in [1.165, 1.54) is 18.2 Å². The smallest absolute Gasteiger partial charge is 0.292 e. The Kier molecular flexibility index (Phi) is 5.00. The second kappa shape index (κ2) is 6.95. The van der Waals surface area contributed by atoms with E-state index in [9.17, 15) is 14.9 Å². The molecule has 3 N–H and O–H groups in total. The minimum atomic E-state index is -0.604. The molecule has 22 heavy (non-hydrogen) atoms. The summed E-state index contributed by atoms with van der Waals surface area (Å²) in [5, 5.41) is 13.6. The number of nitrogens with two attached hydrogens (primary N) is 1. The lowest BCUT2D eigenvalue weighted by Crippen LogP contribution is -2.22. The van der Waals surface area contributed by atoms with Crippen molar-refractivity contribution in [2.75, 3.05) is 12.0 Å². The molecule has 0 bridgehead atoms. The van der Waals surface area contributed by atoms with Crippen molar-refractivity contribution in [2.24, 2.45) is 0 Å². The number of hydrogen-bond donors (Lipinski definition) is 2. The first-order chi connectivity index (χ1) is 10.5. The van der Waals surface area contributed by atoms with E-state index in [-0.39, 0.29) is 22.8 Å². The molecule has 114 valence electrons. The molecule has 0 aliphatic rings. The SMILES string of the molecule is CSc1ccc(CNC(=O)c2ccc(N)c([N+](=O)[O-])c2)cc1. The van der Waals surface area contributed by atoms with Crippen LogP contribution in [0.15, 0.2) is 47.4 Å². The quantitative estimate of drug-likeness (QED) is 0.382. The molecule has 0 aromatic heterocycles. The van der Waals surface area contributed by atoms with Crippen molar-refractivity contribution in [1.82, 2.24) is 5.32 Å². The first kappa shape index (κ1) is 15.8. The fraction of sp³-hybridized carbons (Fsp3) is 0.133. The Balaban J connectivity index is 2.05. The lowest BCUT2D eigenvalue weighted by Gasteiger charge is -2.07. The van der Waals surface area contributed by atoms with Gasteiger partial charge in [0.25, 0.3) is 11.6 Å². The second-order valence-electron chi connectivity index (χ2n) is 4.56. The molecule has 1 amide bonds. The number of thioether (sulfide) groups is 1. The molecule has 6 nitrogen and oxygen atoms in total. The fourth-order valence-electron chi connectivity index (χ4n) is 1.87. The molecular formula is C15H15N3O3S. The highest BCUT2D eigenvalue weighted by molar-refractivity contribution is 7.98. The van der Waals surface area contributed by atoms with Crippen LogP contribution < -0.4 is 11.1 Å². The third-order valence-corrected chi connectivity index (χ3v) is 3.85. The van der Waals surface area contributed by atoms with Crippen LogP contribution in [0.5, 0.6) is 0 Å². The normalized spacial score (nSPS) is 10.2.